The van der Waals surface area contributed by atoms with Crippen molar-refractivity contribution in [3.8, 4) is 5.75 Å². The number of carboxylic acid groups (broad SMARTS) is 1. The Labute approximate surface area is 226 Å². The van der Waals surface area contributed by atoms with E-state index in [1.54, 1.807) is 12.1 Å². The smallest absolute Gasteiger partial charge is 0.306 e. The number of aliphatic carboxylic acids is 1. The number of piperidine rings is 1. The number of halogens is 2. The third kappa shape index (κ3) is 7.25. The molecule has 0 radical (unpaired) electrons. The summed E-state index contributed by atoms with van der Waals surface area (Å²) in [6.07, 6.45) is 3.55. The zero-order valence-corrected chi connectivity index (χ0v) is 22.1. The van der Waals surface area contributed by atoms with E-state index in [0.717, 1.165) is 43.6 Å². The van der Waals surface area contributed by atoms with Crippen LogP contribution in [0.15, 0.2) is 36.4 Å². The molecule has 2 fully saturated rings. The van der Waals surface area contributed by atoms with Gasteiger partial charge in [0.2, 0.25) is 5.82 Å². The van der Waals surface area contributed by atoms with E-state index >= 15 is 0 Å². The first-order valence-corrected chi connectivity index (χ1v) is 13.5. The van der Waals surface area contributed by atoms with E-state index in [-0.39, 0.29) is 24.7 Å². The lowest BCUT2D eigenvalue weighted by atomic mass is 9.87. The van der Waals surface area contributed by atoms with Crippen molar-refractivity contribution < 1.29 is 33.0 Å². The molecule has 1 saturated heterocycles. The van der Waals surface area contributed by atoms with Crippen molar-refractivity contribution in [1.29, 1.82) is 0 Å². The standard InChI is InChI=1S/C29H35F2N3O5/c1-18-12-16-34(17-13-18)21-6-2-19(3-7-21)27(35)32-14-15-33-28(36)23-10-11-24(26(31)25(23)30)39-22-8-4-20(5-9-22)29(37)38/h2-3,6-7,10-11,18,20,22H,4-5,8-9,12-17H2,1H3,(H,32,35)(H,33,36)(H,37,38). The molecule has 210 valence electrons. The predicted octanol–water partition coefficient (Wildman–Crippen LogP) is 4.38. The highest BCUT2D eigenvalue weighted by atomic mass is 19.2. The van der Waals surface area contributed by atoms with Crippen LogP contribution in [0.3, 0.4) is 0 Å². The number of ether oxygens (including phenoxy) is 1. The highest BCUT2D eigenvalue weighted by Gasteiger charge is 2.28. The SMILES string of the molecule is CC1CCN(c2ccc(C(=O)NCCNC(=O)c3ccc(OC4CCC(C(=O)O)CC4)c(F)c3F)cc2)CC1. The first-order valence-electron chi connectivity index (χ1n) is 13.5. The molecule has 2 aromatic carbocycles. The first kappa shape index (κ1) is 28.3. The number of nitrogens with one attached hydrogen (secondary N) is 2. The molecule has 2 aromatic rings. The number of hydrogen-bond acceptors (Lipinski definition) is 5. The molecule has 3 N–H and O–H groups in total. The quantitative estimate of drug-likeness (QED) is 0.405. The zero-order chi connectivity index (χ0) is 27.9. The summed E-state index contributed by atoms with van der Waals surface area (Å²) < 4.78 is 34.8. The Morgan fingerprint density at radius 1 is 0.872 bits per heavy atom. The molecule has 4 rings (SSSR count). The summed E-state index contributed by atoms with van der Waals surface area (Å²) in [5.41, 5.74) is 1.11. The number of anilines is 1. The fraction of sp³-hybridized carbons (Fsp3) is 0.483. The van der Waals surface area contributed by atoms with E-state index in [9.17, 15) is 23.2 Å². The van der Waals surface area contributed by atoms with E-state index in [0.29, 0.717) is 31.2 Å². The molecule has 1 heterocycles. The highest BCUT2D eigenvalue weighted by Crippen LogP contribution is 2.30. The van der Waals surface area contributed by atoms with Crippen LogP contribution in [0, 0.1) is 23.5 Å². The van der Waals surface area contributed by atoms with E-state index in [1.165, 1.54) is 6.07 Å². The van der Waals surface area contributed by atoms with Gasteiger partial charge in [0.05, 0.1) is 17.6 Å². The topological polar surface area (TPSA) is 108 Å². The molecular formula is C29H35F2N3O5. The van der Waals surface area contributed by atoms with Crippen molar-refractivity contribution >= 4 is 23.5 Å². The molecule has 1 aliphatic carbocycles. The number of carbonyl (C=O) groups excluding carboxylic acids is 2. The third-order valence-corrected chi connectivity index (χ3v) is 7.58. The average Bonchev–Trinajstić information content (AvgIpc) is 2.94. The minimum Gasteiger partial charge on any atom is -0.487 e. The molecule has 0 aromatic heterocycles. The monoisotopic (exact) mass is 543 g/mol. The van der Waals surface area contributed by atoms with E-state index in [4.69, 9.17) is 9.84 Å². The normalized spacial score (nSPS) is 19.8. The van der Waals surface area contributed by atoms with Crippen LogP contribution < -0.4 is 20.3 Å². The van der Waals surface area contributed by atoms with Gasteiger partial charge in [0.15, 0.2) is 11.6 Å². The molecule has 0 unspecified atom stereocenters. The summed E-state index contributed by atoms with van der Waals surface area (Å²) >= 11 is 0. The van der Waals surface area contributed by atoms with Crippen LogP contribution >= 0.6 is 0 Å². The fourth-order valence-electron chi connectivity index (χ4n) is 5.05. The van der Waals surface area contributed by atoms with E-state index in [1.807, 2.05) is 12.1 Å². The van der Waals surface area contributed by atoms with Crippen LogP contribution in [-0.4, -0.2) is 55.2 Å². The van der Waals surface area contributed by atoms with Gasteiger partial charge in [-0.1, -0.05) is 6.92 Å². The molecule has 1 saturated carbocycles. The van der Waals surface area contributed by atoms with Crippen LogP contribution in [-0.2, 0) is 4.79 Å². The second kappa shape index (κ2) is 12.9. The second-order valence-electron chi connectivity index (χ2n) is 10.4. The lowest BCUT2D eigenvalue weighted by molar-refractivity contribution is -0.143. The molecule has 10 heteroatoms. The number of nitrogens with zero attached hydrogens (tertiary/aromatic N) is 1. The van der Waals surface area contributed by atoms with E-state index in [2.05, 4.69) is 22.5 Å². The molecule has 2 aliphatic rings. The molecule has 0 spiro atoms. The number of carbonyl (C=O) groups is 3. The van der Waals surface area contributed by atoms with Crippen LogP contribution in [0.25, 0.3) is 0 Å². The largest absolute Gasteiger partial charge is 0.487 e. The fourth-order valence-corrected chi connectivity index (χ4v) is 5.05. The van der Waals surface area contributed by atoms with Gasteiger partial charge in [-0.05, 0) is 80.8 Å². The maximum absolute atomic E-state index is 14.6. The Bertz CT molecular complexity index is 1170. The maximum atomic E-state index is 14.6. The number of hydrogen-bond donors (Lipinski definition) is 3. The Morgan fingerprint density at radius 2 is 1.49 bits per heavy atom. The van der Waals surface area contributed by atoms with Crippen LogP contribution in [0.1, 0.15) is 66.2 Å². The summed E-state index contributed by atoms with van der Waals surface area (Å²) in [7, 11) is 0. The first-order chi connectivity index (χ1) is 18.7. The molecule has 0 bridgehead atoms. The highest BCUT2D eigenvalue weighted by molar-refractivity contribution is 5.95. The van der Waals surface area contributed by atoms with Gasteiger partial charge < -0.3 is 25.4 Å². The third-order valence-electron chi connectivity index (χ3n) is 7.58. The van der Waals surface area contributed by atoms with Gasteiger partial charge in [0.1, 0.15) is 0 Å². The second-order valence-corrected chi connectivity index (χ2v) is 10.4. The van der Waals surface area contributed by atoms with Gasteiger partial charge in [-0.3, -0.25) is 14.4 Å². The van der Waals surface area contributed by atoms with Crippen molar-refractivity contribution in [2.75, 3.05) is 31.1 Å². The summed E-state index contributed by atoms with van der Waals surface area (Å²) in [5, 5.41) is 14.3. The summed E-state index contributed by atoms with van der Waals surface area (Å²) in [6, 6.07) is 9.74. The van der Waals surface area contributed by atoms with Gasteiger partial charge in [-0.25, -0.2) is 4.39 Å². The molecule has 1 aliphatic heterocycles. The Balaban J connectivity index is 1.22. The van der Waals surface area contributed by atoms with Crippen molar-refractivity contribution in [3.63, 3.8) is 0 Å². The lowest BCUT2D eigenvalue weighted by Gasteiger charge is -2.32. The van der Waals surface area contributed by atoms with Crippen molar-refractivity contribution in [1.82, 2.24) is 10.6 Å². The number of carboxylic acids is 1. The molecule has 0 atom stereocenters. The lowest BCUT2D eigenvalue weighted by Crippen LogP contribution is -2.35. The summed E-state index contributed by atoms with van der Waals surface area (Å²) in [5.74, 6) is -4.58. The predicted molar refractivity (Wildman–Crippen MR) is 142 cm³/mol. The van der Waals surface area contributed by atoms with Crippen LogP contribution in [0.2, 0.25) is 0 Å². The van der Waals surface area contributed by atoms with Crippen molar-refractivity contribution in [2.24, 2.45) is 11.8 Å². The van der Waals surface area contributed by atoms with Crippen LogP contribution in [0.4, 0.5) is 14.5 Å². The Kier molecular flexibility index (Phi) is 9.37. The van der Waals surface area contributed by atoms with Crippen molar-refractivity contribution in [3.05, 3.63) is 59.2 Å². The van der Waals surface area contributed by atoms with E-state index < -0.39 is 41.1 Å². The molecule has 2 amide bonds. The van der Waals surface area contributed by atoms with Crippen molar-refractivity contribution in [2.45, 2.75) is 51.6 Å². The maximum Gasteiger partial charge on any atom is 0.306 e. The van der Waals surface area contributed by atoms with Gasteiger partial charge in [-0.2, -0.15) is 4.39 Å². The molecular weight excluding hydrogens is 508 g/mol. The summed E-state index contributed by atoms with van der Waals surface area (Å²) in [6.45, 7) is 4.40. The minimum absolute atomic E-state index is 0.0285. The zero-order valence-electron chi connectivity index (χ0n) is 22.1. The molecule has 8 nitrogen and oxygen atoms in total. The van der Waals surface area contributed by atoms with Gasteiger partial charge in [0.25, 0.3) is 11.8 Å². The average molecular weight is 544 g/mol. The minimum atomic E-state index is -1.32. The Hall–Kier alpha value is -3.69. The van der Waals surface area contributed by atoms with Gasteiger partial charge in [-0.15, -0.1) is 0 Å². The van der Waals surface area contributed by atoms with Crippen LogP contribution in [0.5, 0.6) is 5.75 Å². The van der Waals surface area contributed by atoms with Gasteiger partial charge in [0, 0.05) is 37.4 Å². The number of amides is 2. The summed E-state index contributed by atoms with van der Waals surface area (Å²) in [4.78, 5) is 38.2. The number of benzene rings is 2. The molecule has 39 heavy (non-hydrogen) atoms. The Morgan fingerprint density at radius 3 is 2.10 bits per heavy atom. The van der Waals surface area contributed by atoms with Gasteiger partial charge >= 0.3 is 5.97 Å². The number of rotatable bonds is 9.